The van der Waals surface area contributed by atoms with Crippen LogP contribution in [0.4, 0.5) is 5.69 Å². The predicted molar refractivity (Wildman–Crippen MR) is 123 cm³/mol. The van der Waals surface area contributed by atoms with Crippen molar-refractivity contribution in [2.24, 2.45) is 11.3 Å². The average molecular weight is 421 g/mol. The van der Waals surface area contributed by atoms with Gasteiger partial charge >= 0.3 is 0 Å². The highest BCUT2D eigenvalue weighted by atomic mass is 16.5. The molecule has 0 spiro atoms. The smallest absolute Gasteiger partial charge is 0.226 e. The standard InChI is InChI=1S/C25H32N4O2/c1-25(2)9-6-19-22(15-25)27-28-24(19)21-13-17-4-5-18(14-20(17)26-21)29(3)23(30)12-16-7-10-31-11-8-16/h4-5,13-14,16,26H,6-12,15H2,1-3H3,(H,27,28). The first-order valence-corrected chi connectivity index (χ1v) is 11.4. The first kappa shape index (κ1) is 20.3. The number of amides is 1. The molecular weight excluding hydrogens is 388 g/mol. The number of benzene rings is 1. The monoisotopic (exact) mass is 420 g/mol. The molecule has 2 aliphatic rings. The zero-order chi connectivity index (χ0) is 21.6. The van der Waals surface area contributed by atoms with Gasteiger partial charge in [-0.15, -0.1) is 0 Å². The Bertz CT molecular complexity index is 1100. The molecular formula is C25H32N4O2. The molecule has 31 heavy (non-hydrogen) atoms. The van der Waals surface area contributed by atoms with Crippen molar-refractivity contribution in [3.63, 3.8) is 0 Å². The molecule has 2 N–H and O–H groups in total. The van der Waals surface area contributed by atoms with Crippen LogP contribution in [0.5, 0.6) is 0 Å². The second-order valence-corrected chi connectivity index (χ2v) is 10.0. The number of hydrogen-bond donors (Lipinski definition) is 2. The van der Waals surface area contributed by atoms with E-state index in [9.17, 15) is 4.79 Å². The Labute approximate surface area is 183 Å². The Hall–Kier alpha value is -2.60. The topological polar surface area (TPSA) is 74.0 Å². The molecule has 0 saturated carbocycles. The fraction of sp³-hybridized carbons (Fsp3) is 0.520. The number of carbonyl (C=O) groups is 1. The molecule has 1 amide bonds. The SMILES string of the molecule is CN(C(=O)CC1CCOCC1)c1ccc2cc(-c3n[nH]c4c3CCC(C)(C)C4)[nH]c2c1. The van der Waals surface area contributed by atoms with Gasteiger partial charge in [0.2, 0.25) is 5.91 Å². The first-order chi connectivity index (χ1) is 14.9. The predicted octanol–water partition coefficient (Wildman–Crippen LogP) is 4.85. The lowest BCUT2D eigenvalue weighted by Gasteiger charge is -2.28. The number of anilines is 1. The molecule has 164 valence electrons. The van der Waals surface area contributed by atoms with Crippen molar-refractivity contribution in [1.29, 1.82) is 0 Å². The molecule has 6 nitrogen and oxygen atoms in total. The number of carbonyl (C=O) groups excluding carboxylic acids is 1. The van der Waals surface area contributed by atoms with Gasteiger partial charge in [0.05, 0.1) is 5.69 Å². The van der Waals surface area contributed by atoms with Crippen LogP contribution >= 0.6 is 0 Å². The summed E-state index contributed by atoms with van der Waals surface area (Å²) in [5.41, 5.74) is 6.97. The number of nitrogens with one attached hydrogen (secondary N) is 2. The molecule has 0 unspecified atom stereocenters. The number of ether oxygens (including phenoxy) is 1. The molecule has 0 bridgehead atoms. The summed E-state index contributed by atoms with van der Waals surface area (Å²) in [4.78, 5) is 18.1. The first-order valence-electron chi connectivity index (χ1n) is 11.4. The molecule has 6 heteroatoms. The van der Waals surface area contributed by atoms with Crippen LogP contribution in [-0.4, -0.2) is 41.3 Å². The van der Waals surface area contributed by atoms with Crippen molar-refractivity contribution in [2.45, 2.75) is 52.4 Å². The van der Waals surface area contributed by atoms with Crippen LogP contribution in [0.15, 0.2) is 24.3 Å². The van der Waals surface area contributed by atoms with Crippen LogP contribution in [0.25, 0.3) is 22.3 Å². The molecule has 5 rings (SSSR count). The molecule has 2 aromatic heterocycles. The summed E-state index contributed by atoms with van der Waals surface area (Å²) >= 11 is 0. The molecule has 1 aliphatic heterocycles. The number of H-pyrrole nitrogens is 2. The van der Waals surface area contributed by atoms with Gasteiger partial charge in [0.1, 0.15) is 5.69 Å². The van der Waals surface area contributed by atoms with E-state index >= 15 is 0 Å². The highest BCUT2D eigenvalue weighted by Crippen LogP contribution is 2.38. The van der Waals surface area contributed by atoms with Gasteiger partial charge in [-0.05, 0) is 61.6 Å². The Kier molecular flexibility index (Phi) is 5.13. The summed E-state index contributed by atoms with van der Waals surface area (Å²) in [5.74, 6) is 0.599. The van der Waals surface area contributed by atoms with Gasteiger partial charge in [0.15, 0.2) is 0 Å². The van der Waals surface area contributed by atoms with E-state index in [0.717, 1.165) is 66.9 Å². The minimum Gasteiger partial charge on any atom is -0.381 e. The van der Waals surface area contributed by atoms with E-state index in [2.05, 4.69) is 47.2 Å². The van der Waals surface area contributed by atoms with Crippen LogP contribution in [0, 0.1) is 11.3 Å². The lowest BCUT2D eigenvalue weighted by atomic mass is 9.76. The summed E-state index contributed by atoms with van der Waals surface area (Å²) in [6, 6.07) is 8.36. The quantitative estimate of drug-likeness (QED) is 0.633. The van der Waals surface area contributed by atoms with Gasteiger partial charge in [0, 0.05) is 54.5 Å². The zero-order valence-electron chi connectivity index (χ0n) is 18.8. The zero-order valence-corrected chi connectivity index (χ0v) is 18.8. The molecule has 3 aromatic rings. The third-order valence-electron chi connectivity index (χ3n) is 7.09. The Balaban J connectivity index is 1.37. The third-order valence-corrected chi connectivity index (χ3v) is 7.09. The van der Waals surface area contributed by atoms with E-state index in [1.54, 1.807) is 4.90 Å². The van der Waals surface area contributed by atoms with E-state index in [4.69, 9.17) is 4.74 Å². The van der Waals surface area contributed by atoms with E-state index < -0.39 is 0 Å². The van der Waals surface area contributed by atoms with Crippen molar-refractivity contribution < 1.29 is 9.53 Å². The van der Waals surface area contributed by atoms with Crippen molar-refractivity contribution in [1.82, 2.24) is 15.2 Å². The largest absolute Gasteiger partial charge is 0.381 e. The highest BCUT2D eigenvalue weighted by molar-refractivity contribution is 5.96. The molecule has 0 radical (unpaired) electrons. The second kappa shape index (κ2) is 7.83. The Morgan fingerprint density at radius 2 is 2.06 bits per heavy atom. The lowest BCUT2D eigenvalue weighted by molar-refractivity contribution is -0.119. The highest BCUT2D eigenvalue weighted by Gasteiger charge is 2.29. The fourth-order valence-corrected chi connectivity index (χ4v) is 5.00. The van der Waals surface area contributed by atoms with Crippen LogP contribution in [0.2, 0.25) is 0 Å². The van der Waals surface area contributed by atoms with E-state index in [1.165, 1.54) is 17.7 Å². The number of aromatic amines is 2. The Morgan fingerprint density at radius 1 is 1.26 bits per heavy atom. The maximum Gasteiger partial charge on any atom is 0.226 e. The maximum atomic E-state index is 12.8. The molecule has 3 heterocycles. The van der Waals surface area contributed by atoms with E-state index in [-0.39, 0.29) is 5.91 Å². The normalized spacial score (nSPS) is 18.8. The van der Waals surface area contributed by atoms with Crippen LogP contribution in [0.3, 0.4) is 0 Å². The molecule has 1 saturated heterocycles. The van der Waals surface area contributed by atoms with Gasteiger partial charge in [-0.3, -0.25) is 9.89 Å². The number of fused-ring (bicyclic) bond motifs is 2. The van der Waals surface area contributed by atoms with Gasteiger partial charge < -0.3 is 14.6 Å². The maximum absolute atomic E-state index is 12.8. The number of nitrogens with zero attached hydrogens (tertiary/aromatic N) is 2. The molecule has 1 aromatic carbocycles. The van der Waals surface area contributed by atoms with Gasteiger partial charge in [-0.25, -0.2) is 0 Å². The molecule has 1 fully saturated rings. The minimum atomic E-state index is 0.169. The summed E-state index contributed by atoms with van der Waals surface area (Å²) in [6.07, 6.45) is 5.81. The molecule has 0 atom stereocenters. The van der Waals surface area contributed by atoms with Crippen molar-refractivity contribution in [3.05, 3.63) is 35.5 Å². The van der Waals surface area contributed by atoms with Crippen LogP contribution in [0.1, 0.15) is 50.8 Å². The van der Waals surface area contributed by atoms with Gasteiger partial charge in [0.25, 0.3) is 0 Å². The third kappa shape index (κ3) is 4.01. The second-order valence-electron chi connectivity index (χ2n) is 10.0. The number of aromatic nitrogens is 3. The van der Waals surface area contributed by atoms with Crippen LogP contribution < -0.4 is 4.90 Å². The van der Waals surface area contributed by atoms with E-state index in [0.29, 0.717) is 17.8 Å². The molecule has 1 aliphatic carbocycles. The van der Waals surface area contributed by atoms with E-state index in [1.807, 2.05) is 13.1 Å². The minimum absolute atomic E-state index is 0.169. The Morgan fingerprint density at radius 3 is 2.87 bits per heavy atom. The number of rotatable bonds is 4. The summed E-state index contributed by atoms with van der Waals surface area (Å²) in [7, 11) is 1.87. The fourth-order valence-electron chi connectivity index (χ4n) is 5.00. The van der Waals surface area contributed by atoms with Crippen molar-refractivity contribution >= 4 is 22.5 Å². The van der Waals surface area contributed by atoms with Gasteiger partial charge in [-0.1, -0.05) is 19.9 Å². The summed E-state index contributed by atoms with van der Waals surface area (Å²) in [6.45, 7) is 6.18. The van der Waals surface area contributed by atoms with Crippen LogP contribution in [-0.2, 0) is 22.4 Å². The van der Waals surface area contributed by atoms with Crippen molar-refractivity contribution in [2.75, 3.05) is 25.2 Å². The summed E-state index contributed by atoms with van der Waals surface area (Å²) < 4.78 is 5.42. The summed E-state index contributed by atoms with van der Waals surface area (Å²) in [5, 5.41) is 9.06. The van der Waals surface area contributed by atoms with Crippen molar-refractivity contribution in [3.8, 4) is 11.4 Å². The average Bonchev–Trinajstić information content (AvgIpc) is 3.35. The lowest BCUT2D eigenvalue weighted by Crippen LogP contribution is -2.29. The van der Waals surface area contributed by atoms with Gasteiger partial charge in [-0.2, -0.15) is 5.10 Å². The number of hydrogen-bond acceptors (Lipinski definition) is 3.